The van der Waals surface area contributed by atoms with Crippen molar-refractivity contribution in [3.63, 3.8) is 0 Å². The first kappa shape index (κ1) is 19.5. The summed E-state index contributed by atoms with van der Waals surface area (Å²) >= 11 is 0. The van der Waals surface area contributed by atoms with E-state index in [1.807, 2.05) is 85.2 Å². The molecule has 4 heteroatoms. The van der Waals surface area contributed by atoms with Gasteiger partial charge in [-0.1, -0.05) is 72.8 Å². The van der Waals surface area contributed by atoms with Crippen molar-refractivity contribution in [2.75, 3.05) is 10.6 Å². The van der Waals surface area contributed by atoms with Gasteiger partial charge >= 0.3 is 0 Å². The molecule has 0 atom stereocenters. The summed E-state index contributed by atoms with van der Waals surface area (Å²) in [6.45, 7) is 0. The molecule has 2 aromatic heterocycles. The Morgan fingerprint density at radius 2 is 0.781 bits per heavy atom. The average molecular weight is 415 g/mol. The lowest BCUT2D eigenvalue weighted by Crippen LogP contribution is -2.00. The van der Waals surface area contributed by atoms with Crippen molar-refractivity contribution in [2.24, 2.45) is 0 Å². The molecule has 5 aromatic rings. The number of benzene rings is 3. The van der Waals surface area contributed by atoms with Gasteiger partial charge in [0.25, 0.3) is 0 Å². The smallest absolute Gasteiger partial charge is 0.130 e. The Kier molecular flexibility index (Phi) is 5.58. The molecule has 0 unspecified atom stereocenters. The Hall–Kier alpha value is -4.44. The number of nitrogens with one attached hydrogen (secondary N) is 2. The van der Waals surface area contributed by atoms with Crippen LogP contribution in [0.5, 0.6) is 0 Å². The normalized spacial score (nSPS) is 10.5. The molecule has 0 spiro atoms. The van der Waals surface area contributed by atoms with E-state index in [4.69, 9.17) is 0 Å². The van der Waals surface area contributed by atoms with Gasteiger partial charge in [0.2, 0.25) is 0 Å². The van der Waals surface area contributed by atoms with Crippen LogP contribution in [0.15, 0.2) is 122 Å². The molecule has 0 aliphatic carbocycles. The number of rotatable bonds is 6. The summed E-state index contributed by atoms with van der Waals surface area (Å²) in [5, 5.41) is 6.81. The minimum atomic E-state index is 0.784. The van der Waals surface area contributed by atoms with Crippen LogP contribution in [-0.2, 0) is 0 Å². The van der Waals surface area contributed by atoms with Gasteiger partial charge in [-0.15, -0.1) is 0 Å². The standard InChI is InChI=1S/C28H22N4/c1-3-9-21(10-4-1)23-15-17-27(29-19-23)31-25-13-7-8-14-26(25)32-28-18-16-24(20-30-28)22-11-5-2-6-12-22/h1-20H,(H,29,31)(H,30,32). The molecular formula is C28H22N4. The summed E-state index contributed by atoms with van der Waals surface area (Å²) in [6, 6.07) is 36.7. The maximum atomic E-state index is 4.59. The Morgan fingerprint density at radius 3 is 1.16 bits per heavy atom. The van der Waals surface area contributed by atoms with Gasteiger partial charge in [-0.2, -0.15) is 0 Å². The fraction of sp³-hybridized carbons (Fsp3) is 0. The Bertz CT molecular complexity index is 1180. The van der Waals surface area contributed by atoms with Gasteiger partial charge in [-0.25, -0.2) is 9.97 Å². The lowest BCUT2D eigenvalue weighted by Gasteiger charge is -2.13. The van der Waals surface area contributed by atoms with Crippen LogP contribution >= 0.6 is 0 Å². The molecular weight excluding hydrogens is 392 g/mol. The van der Waals surface area contributed by atoms with Crippen molar-refractivity contribution in [1.82, 2.24) is 9.97 Å². The molecule has 154 valence electrons. The van der Waals surface area contributed by atoms with Gasteiger partial charge in [0.15, 0.2) is 0 Å². The molecule has 2 heterocycles. The first-order chi connectivity index (χ1) is 15.8. The number of hydrogen-bond acceptors (Lipinski definition) is 4. The largest absolute Gasteiger partial charge is 0.339 e. The third kappa shape index (κ3) is 4.50. The Balaban J connectivity index is 1.32. The van der Waals surface area contributed by atoms with Gasteiger partial charge < -0.3 is 10.6 Å². The highest BCUT2D eigenvalue weighted by Crippen LogP contribution is 2.28. The Morgan fingerprint density at radius 1 is 0.375 bits per heavy atom. The summed E-state index contributed by atoms with van der Waals surface area (Å²) in [5.74, 6) is 1.57. The molecule has 0 bridgehead atoms. The highest BCUT2D eigenvalue weighted by atomic mass is 15.0. The zero-order valence-electron chi connectivity index (χ0n) is 17.4. The second-order valence-corrected chi connectivity index (χ2v) is 7.39. The van der Waals surface area contributed by atoms with Crippen LogP contribution in [0.25, 0.3) is 22.3 Å². The topological polar surface area (TPSA) is 49.8 Å². The van der Waals surface area contributed by atoms with E-state index in [0.717, 1.165) is 45.3 Å². The molecule has 0 saturated carbocycles. The van der Waals surface area contributed by atoms with E-state index in [9.17, 15) is 0 Å². The van der Waals surface area contributed by atoms with Crippen LogP contribution in [0, 0.1) is 0 Å². The van der Waals surface area contributed by atoms with Crippen LogP contribution < -0.4 is 10.6 Å². The molecule has 0 fully saturated rings. The van der Waals surface area contributed by atoms with Crippen LogP contribution in [-0.4, -0.2) is 9.97 Å². The predicted molar refractivity (Wildman–Crippen MR) is 132 cm³/mol. The fourth-order valence-electron chi connectivity index (χ4n) is 3.52. The number of pyridine rings is 2. The first-order valence-corrected chi connectivity index (χ1v) is 10.5. The minimum absolute atomic E-state index is 0.784. The number of nitrogens with zero attached hydrogens (tertiary/aromatic N) is 2. The van der Waals surface area contributed by atoms with Crippen molar-refractivity contribution in [3.05, 3.63) is 122 Å². The average Bonchev–Trinajstić information content (AvgIpc) is 2.87. The van der Waals surface area contributed by atoms with Crippen molar-refractivity contribution in [2.45, 2.75) is 0 Å². The highest BCUT2D eigenvalue weighted by Gasteiger charge is 2.06. The molecule has 0 aliphatic rings. The lowest BCUT2D eigenvalue weighted by molar-refractivity contribution is 1.29. The van der Waals surface area contributed by atoms with E-state index < -0.39 is 0 Å². The Labute approximate surface area is 187 Å². The third-order valence-electron chi connectivity index (χ3n) is 5.19. The molecule has 32 heavy (non-hydrogen) atoms. The van der Waals surface area contributed by atoms with Crippen molar-refractivity contribution in [1.29, 1.82) is 0 Å². The SMILES string of the molecule is c1ccc(-c2ccc(Nc3ccccc3Nc3ccc(-c4ccccc4)cn3)nc2)cc1. The number of aromatic nitrogens is 2. The molecule has 5 rings (SSSR count). The lowest BCUT2D eigenvalue weighted by atomic mass is 10.1. The highest BCUT2D eigenvalue weighted by molar-refractivity contribution is 5.77. The van der Waals surface area contributed by atoms with Gasteiger partial charge in [0.1, 0.15) is 11.6 Å². The summed E-state index contributed by atoms with van der Waals surface area (Å²) in [7, 11) is 0. The van der Waals surface area contributed by atoms with Crippen LogP contribution in [0.4, 0.5) is 23.0 Å². The van der Waals surface area contributed by atoms with Gasteiger partial charge in [0.05, 0.1) is 11.4 Å². The van der Waals surface area contributed by atoms with Gasteiger partial charge in [-0.3, -0.25) is 0 Å². The zero-order chi connectivity index (χ0) is 21.6. The number of anilines is 4. The maximum Gasteiger partial charge on any atom is 0.130 e. The molecule has 0 radical (unpaired) electrons. The molecule has 4 nitrogen and oxygen atoms in total. The number of para-hydroxylation sites is 2. The molecule has 3 aromatic carbocycles. The van der Waals surface area contributed by atoms with E-state index >= 15 is 0 Å². The molecule has 2 N–H and O–H groups in total. The van der Waals surface area contributed by atoms with E-state index in [0.29, 0.717) is 0 Å². The van der Waals surface area contributed by atoms with E-state index in [2.05, 4.69) is 57.0 Å². The van der Waals surface area contributed by atoms with Crippen LogP contribution in [0.1, 0.15) is 0 Å². The monoisotopic (exact) mass is 414 g/mol. The van der Waals surface area contributed by atoms with E-state index in [1.54, 1.807) is 0 Å². The first-order valence-electron chi connectivity index (χ1n) is 10.5. The third-order valence-corrected chi connectivity index (χ3v) is 5.19. The van der Waals surface area contributed by atoms with Crippen molar-refractivity contribution < 1.29 is 0 Å². The van der Waals surface area contributed by atoms with Gasteiger partial charge in [-0.05, 0) is 47.5 Å². The second-order valence-electron chi connectivity index (χ2n) is 7.39. The fourth-order valence-corrected chi connectivity index (χ4v) is 3.52. The predicted octanol–water partition coefficient (Wildman–Crippen LogP) is 7.30. The molecule has 0 amide bonds. The summed E-state index contributed by atoms with van der Waals surface area (Å²) < 4.78 is 0. The number of hydrogen-bond donors (Lipinski definition) is 2. The molecule has 0 aliphatic heterocycles. The van der Waals surface area contributed by atoms with Gasteiger partial charge in [0, 0.05) is 23.5 Å². The maximum absolute atomic E-state index is 4.59. The van der Waals surface area contributed by atoms with E-state index in [1.165, 1.54) is 0 Å². The minimum Gasteiger partial charge on any atom is -0.339 e. The second kappa shape index (κ2) is 9.14. The summed E-state index contributed by atoms with van der Waals surface area (Å²) in [5.41, 5.74) is 6.34. The summed E-state index contributed by atoms with van der Waals surface area (Å²) in [6.07, 6.45) is 3.77. The van der Waals surface area contributed by atoms with Crippen molar-refractivity contribution in [3.8, 4) is 22.3 Å². The van der Waals surface area contributed by atoms with E-state index in [-0.39, 0.29) is 0 Å². The van der Waals surface area contributed by atoms with Crippen molar-refractivity contribution >= 4 is 23.0 Å². The summed E-state index contributed by atoms with van der Waals surface area (Å²) in [4.78, 5) is 9.18. The van der Waals surface area contributed by atoms with Crippen LogP contribution in [0.2, 0.25) is 0 Å². The zero-order valence-corrected chi connectivity index (χ0v) is 17.4. The van der Waals surface area contributed by atoms with Crippen LogP contribution in [0.3, 0.4) is 0 Å². The molecule has 0 saturated heterocycles. The quantitative estimate of drug-likeness (QED) is 0.306.